The molecule has 1 heterocycles. The first-order valence-corrected chi connectivity index (χ1v) is 9.80. The summed E-state index contributed by atoms with van der Waals surface area (Å²) in [6.45, 7) is 5.90. The van der Waals surface area contributed by atoms with Gasteiger partial charge in [0.25, 0.3) is 5.91 Å². The molecule has 0 bridgehead atoms. The van der Waals surface area contributed by atoms with E-state index in [-0.39, 0.29) is 23.2 Å². The molecule has 0 spiro atoms. The second kappa shape index (κ2) is 6.41. The molecule has 0 saturated heterocycles. The number of aryl methyl sites for hydroxylation is 1. The van der Waals surface area contributed by atoms with Crippen LogP contribution in [0.5, 0.6) is 0 Å². The number of ketones is 1. The van der Waals surface area contributed by atoms with Crippen LogP contribution in [0.2, 0.25) is 0 Å². The maximum atomic E-state index is 12.8. The highest BCUT2D eigenvalue weighted by atomic mass is 16.1. The molecule has 2 unspecified atom stereocenters. The maximum absolute atomic E-state index is 12.8. The van der Waals surface area contributed by atoms with Crippen molar-refractivity contribution in [1.29, 1.82) is 5.26 Å². The molecule has 2 atom stereocenters. The van der Waals surface area contributed by atoms with Crippen LogP contribution in [0.1, 0.15) is 48.8 Å². The number of carbonyl (C=O) groups is 2. The lowest BCUT2D eigenvalue weighted by molar-refractivity contribution is -0.128. The number of amides is 1. The molecule has 1 N–H and O–H groups in total. The molecule has 6 heteroatoms. The van der Waals surface area contributed by atoms with Gasteiger partial charge in [0.05, 0.1) is 11.3 Å². The van der Waals surface area contributed by atoms with Gasteiger partial charge in [0.2, 0.25) is 0 Å². The first-order chi connectivity index (χ1) is 13.7. The Bertz CT molecular complexity index is 1090. The van der Waals surface area contributed by atoms with Crippen LogP contribution in [0.4, 0.5) is 5.82 Å². The van der Waals surface area contributed by atoms with E-state index in [2.05, 4.69) is 18.3 Å². The number of aromatic nitrogens is 2. The number of fused-ring (bicyclic) bond motifs is 3. The highest BCUT2D eigenvalue weighted by Crippen LogP contribution is 2.55. The lowest BCUT2D eigenvalue weighted by Crippen LogP contribution is -2.51. The molecular weight excluding hydrogens is 364 g/mol. The number of Topliss-reactive ketones (excluding diaryl/α,β-unsaturated/α-hetero) is 1. The minimum atomic E-state index is -0.642. The third-order valence-electron chi connectivity index (χ3n) is 6.60. The van der Waals surface area contributed by atoms with Crippen LogP contribution in [-0.4, -0.2) is 21.5 Å². The highest BCUT2D eigenvalue weighted by Gasteiger charge is 2.55. The average Bonchev–Trinajstić information content (AvgIpc) is 3.02. The van der Waals surface area contributed by atoms with Crippen molar-refractivity contribution in [3.63, 3.8) is 0 Å². The van der Waals surface area contributed by atoms with Crippen LogP contribution in [-0.2, 0) is 23.7 Å². The molecule has 2 aromatic rings. The van der Waals surface area contributed by atoms with Crippen LogP contribution in [0.15, 0.2) is 42.0 Å². The summed E-state index contributed by atoms with van der Waals surface area (Å²) >= 11 is 0. The zero-order valence-electron chi connectivity index (χ0n) is 17.1. The normalized spacial score (nSPS) is 24.7. The number of hydrogen-bond donors (Lipinski definition) is 1. The van der Waals surface area contributed by atoms with Gasteiger partial charge in [-0.2, -0.15) is 10.4 Å². The summed E-state index contributed by atoms with van der Waals surface area (Å²) in [6, 6.07) is 11.1. The number of rotatable bonds is 2. The van der Waals surface area contributed by atoms with Gasteiger partial charge in [-0.25, -0.2) is 0 Å². The molecule has 2 aliphatic rings. The molecule has 1 amide bonds. The van der Waals surface area contributed by atoms with Gasteiger partial charge in [-0.3, -0.25) is 14.3 Å². The molecule has 29 heavy (non-hydrogen) atoms. The Morgan fingerprint density at radius 1 is 1.28 bits per heavy atom. The van der Waals surface area contributed by atoms with Crippen molar-refractivity contribution in [1.82, 2.24) is 9.78 Å². The Morgan fingerprint density at radius 3 is 2.62 bits per heavy atom. The van der Waals surface area contributed by atoms with Crippen molar-refractivity contribution in [3.8, 4) is 6.07 Å². The van der Waals surface area contributed by atoms with Crippen molar-refractivity contribution >= 4 is 17.5 Å². The summed E-state index contributed by atoms with van der Waals surface area (Å²) in [5.74, 6) is 0.436. The highest BCUT2D eigenvalue weighted by molar-refractivity contribution is 6.05. The monoisotopic (exact) mass is 388 g/mol. The quantitative estimate of drug-likeness (QED) is 0.852. The second-order valence-corrected chi connectivity index (χ2v) is 8.71. The summed E-state index contributed by atoms with van der Waals surface area (Å²) in [5, 5.41) is 17.3. The third-order valence-corrected chi connectivity index (χ3v) is 6.60. The minimum Gasteiger partial charge on any atom is -0.307 e. The Kier molecular flexibility index (Phi) is 4.23. The number of anilines is 1. The largest absolute Gasteiger partial charge is 0.307 e. The van der Waals surface area contributed by atoms with Gasteiger partial charge in [-0.05, 0) is 30.9 Å². The Hall–Kier alpha value is -3.20. The SMILES string of the molecule is Cn1nc2c(c1NC(=O)c1ccccc1)CCC1C(C)(C)C(=O)C(C#N)=CC21C. The lowest BCUT2D eigenvalue weighted by atomic mass is 9.52. The zero-order chi connectivity index (χ0) is 21.0. The van der Waals surface area contributed by atoms with Crippen molar-refractivity contribution in [3.05, 3.63) is 58.8 Å². The Balaban J connectivity index is 1.80. The fourth-order valence-corrected chi connectivity index (χ4v) is 5.15. The van der Waals surface area contributed by atoms with E-state index in [0.717, 1.165) is 24.1 Å². The van der Waals surface area contributed by atoms with E-state index in [0.29, 0.717) is 11.4 Å². The number of nitriles is 1. The van der Waals surface area contributed by atoms with E-state index >= 15 is 0 Å². The smallest absolute Gasteiger partial charge is 0.256 e. The first-order valence-electron chi connectivity index (χ1n) is 9.80. The Morgan fingerprint density at radius 2 is 1.97 bits per heavy atom. The van der Waals surface area contributed by atoms with E-state index in [1.54, 1.807) is 22.9 Å². The van der Waals surface area contributed by atoms with Gasteiger partial charge in [0.1, 0.15) is 11.9 Å². The van der Waals surface area contributed by atoms with Crippen LogP contribution in [0.25, 0.3) is 0 Å². The molecule has 6 nitrogen and oxygen atoms in total. The predicted octanol–water partition coefficient (Wildman–Crippen LogP) is 3.55. The zero-order valence-corrected chi connectivity index (χ0v) is 17.1. The lowest BCUT2D eigenvalue weighted by Gasteiger charge is -2.49. The average molecular weight is 388 g/mol. The van der Waals surface area contributed by atoms with E-state index < -0.39 is 10.8 Å². The molecule has 0 saturated carbocycles. The molecule has 148 valence electrons. The van der Waals surface area contributed by atoms with Gasteiger partial charge >= 0.3 is 0 Å². The van der Waals surface area contributed by atoms with Crippen molar-refractivity contribution in [2.24, 2.45) is 18.4 Å². The molecular formula is C23H24N4O2. The fraction of sp³-hybridized carbons (Fsp3) is 0.391. The molecule has 0 aliphatic heterocycles. The van der Waals surface area contributed by atoms with E-state index in [4.69, 9.17) is 5.10 Å². The number of carbonyl (C=O) groups excluding carboxylic acids is 2. The van der Waals surface area contributed by atoms with Gasteiger partial charge in [-0.15, -0.1) is 0 Å². The molecule has 1 aromatic carbocycles. The summed E-state index contributed by atoms with van der Waals surface area (Å²) in [6.07, 6.45) is 3.30. The number of hydrogen-bond acceptors (Lipinski definition) is 4. The molecule has 2 aliphatic carbocycles. The summed E-state index contributed by atoms with van der Waals surface area (Å²) in [5.41, 5.74) is 1.42. The van der Waals surface area contributed by atoms with Gasteiger partial charge in [0.15, 0.2) is 5.78 Å². The van der Waals surface area contributed by atoms with Crippen LogP contribution in [0.3, 0.4) is 0 Å². The van der Waals surface area contributed by atoms with Crippen molar-refractivity contribution < 1.29 is 9.59 Å². The van der Waals surface area contributed by atoms with E-state index in [1.807, 2.05) is 39.1 Å². The summed E-state index contributed by atoms with van der Waals surface area (Å²) in [7, 11) is 1.81. The Labute approximate surface area is 170 Å². The van der Waals surface area contributed by atoms with Gasteiger partial charge in [-0.1, -0.05) is 45.0 Å². The van der Waals surface area contributed by atoms with Crippen LogP contribution >= 0.6 is 0 Å². The summed E-state index contributed by atoms with van der Waals surface area (Å²) in [4.78, 5) is 25.5. The first kappa shape index (κ1) is 19.1. The fourth-order valence-electron chi connectivity index (χ4n) is 5.15. The standard InChI is InChI=1S/C23H24N4O2/c1-22(2)17-11-10-16-18(23(17,3)12-15(13-24)19(22)28)26-27(4)20(16)25-21(29)14-8-6-5-7-9-14/h5-9,12,17H,10-11H2,1-4H3,(H,25,29). The third kappa shape index (κ3) is 2.72. The number of allylic oxidation sites excluding steroid dienone is 2. The van der Waals surface area contributed by atoms with Crippen molar-refractivity contribution in [2.75, 3.05) is 5.32 Å². The summed E-state index contributed by atoms with van der Waals surface area (Å²) < 4.78 is 1.70. The van der Waals surface area contributed by atoms with Gasteiger partial charge < -0.3 is 5.32 Å². The van der Waals surface area contributed by atoms with Crippen LogP contribution < -0.4 is 5.32 Å². The number of benzene rings is 1. The second-order valence-electron chi connectivity index (χ2n) is 8.71. The number of nitrogens with one attached hydrogen (secondary N) is 1. The van der Waals surface area contributed by atoms with Gasteiger partial charge in [0, 0.05) is 29.0 Å². The van der Waals surface area contributed by atoms with E-state index in [1.165, 1.54) is 0 Å². The van der Waals surface area contributed by atoms with Crippen LogP contribution in [0, 0.1) is 22.7 Å². The molecule has 4 rings (SSSR count). The maximum Gasteiger partial charge on any atom is 0.256 e. The topological polar surface area (TPSA) is 87.8 Å². The molecule has 1 aromatic heterocycles. The molecule has 0 radical (unpaired) electrons. The van der Waals surface area contributed by atoms with Crippen molar-refractivity contribution in [2.45, 2.75) is 39.0 Å². The minimum absolute atomic E-state index is 0.0414. The van der Waals surface area contributed by atoms with E-state index in [9.17, 15) is 14.9 Å². The predicted molar refractivity (Wildman–Crippen MR) is 109 cm³/mol. The number of nitrogens with zero attached hydrogens (tertiary/aromatic N) is 3. The molecule has 0 fully saturated rings.